The van der Waals surface area contributed by atoms with Crippen LogP contribution < -0.4 is 5.32 Å². The zero-order valence-corrected chi connectivity index (χ0v) is 6.68. The minimum Gasteiger partial charge on any atom is -0.356 e. The predicted octanol–water partition coefficient (Wildman–Crippen LogP) is 1.17. The van der Waals surface area contributed by atoms with Crippen molar-refractivity contribution in [3.8, 4) is 0 Å². The molecule has 0 saturated carbocycles. The summed E-state index contributed by atoms with van der Waals surface area (Å²) in [5.74, 6) is 1.63. The van der Waals surface area contributed by atoms with Crippen molar-refractivity contribution >= 4 is 5.91 Å². The van der Waals surface area contributed by atoms with E-state index in [2.05, 4.69) is 19.2 Å². The molecule has 0 aliphatic carbocycles. The van der Waals surface area contributed by atoms with Crippen LogP contribution >= 0.6 is 0 Å². The molecule has 1 saturated heterocycles. The smallest absolute Gasteiger partial charge is 0.220 e. The van der Waals surface area contributed by atoms with Crippen LogP contribution in [0.1, 0.15) is 26.7 Å². The van der Waals surface area contributed by atoms with E-state index in [9.17, 15) is 4.79 Å². The van der Waals surface area contributed by atoms with E-state index in [-0.39, 0.29) is 5.91 Å². The van der Waals surface area contributed by atoms with Gasteiger partial charge in [-0.25, -0.2) is 0 Å². The van der Waals surface area contributed by atoms with Gasteiger partial charge in [0.25, 0.3) is 0 Å². The molecule has 0 bridgehead atoms. The summed E-state index contributed by atoms with van der Waals surface area (Å²) in [6, 6.07) is 0. The predicted molar refractivity (Wildman–Crippen MR) is 40.6 cm³/mol. The average molecular weight is 141 g/mol. The molecule has 1 atom stereocenters. The van der Waals surface area contributed by atoms with E-state index >= 15 is 0 Å². The second kappa shape index (κ2) is 3.04. The molecule has 1 heterocycles. The molecule has 0 spiro atoms. The van der Waals surface area contributed by atoms with Crippen molar-refractivity contribution in [2.45, 2.75) is 26.7 Å². The molecule has 58 valence electrons. The zero-order chi connectivity index (χ0) is 7.56. The molecule has 1 aliphatic heterocycles. The number of carbonyl (C=O) groups is 1. The molecule has 2 heteroatoms. The Labute approximate surface area is 62.0 Å². The summed E-state index contributed by atoms with van der Waals surface area (Å²) in [4.78, 5) is 10.7. The lowest BCUT2D eigenvalue weighted by Gasteiger charge is -2.25. The van der Waals surface area contributed by atoms with Crippen LogP contribution in [0.3, 0.4) is 0 Å². The van der Waals surface area contributed by atoms with Crippen LogP contribution in [0.15, 0.2) is 0 Å². The first-order valence-electron chi connectivity index (χ1n) is 3.97. The van der Waals surface area contributed by atoms with E-state index in [1.807, 2.05) is 0 Å². The third kappa shape index (κ3) is 1.72. The summed E-state index contributed by atoms with van der Waals surface area (Å²) < 4.78 is 0. The Morgan fingerprint density at radius 2 is 2.30 bits per heavy atom. The lowest BCUT2D eigenvalue weighted by Crippen LogP contribution is -2.36. The Bertz CT molecular complexity index is 121. The first kappa shape index (κ1) is 7.58. The first-order chi connectivity index (χ1) is 4.70. The summed E-state index contributed by atoms with van der Waals surface area (Å²) in [7, 11) is 0. The van der Waals surface area contributed by atoms with E-state index < -0.39 is 0 Å². The van der Waals surface area contributed by atoms with Crippen molar-refractivity contribution in [2.75, 3.05) is 6.54 Å². The fourth-order valence-electron chi connectivity index (χ4n) is 1.32. The minimum atomic E-state index is 0.219. The zero-order valence-electron chi connectivity index (χ0n) is 6.68. The van der Waals surface area contributed by atoms with Crippen LogP contribution in [0.2, 0.25) is 0 Å². The summed E-state index contributed by atoms with van der Waals surface area (Å²) in [5, 5.41) is 2.87. The Morgan fingerprint density at radius 3 is 2.70 bits per heavy atom. The SMILES string of the molecule is CC(C)[C@H]1CCC(=O)NC1. The molecule has 0 unspecified atom stereocenters. The van der Waals surface area contributed by atoms with E-state index in [0.717, 1.165) is 19.4 Å². The molecule has 0 aromatic heterocycles. The Morgan fingerprint density at radius 1 is 1.60 bits per heavy atom. The highest BCUT2D eigenvalue weighted by Crippen LogP contribution is 2.18. The first-order valence-corrected chi connectivity index (χ1v) is 3.97. The van der Waals surface area contributed by atoms with E-state index in [1.54, 1.807) is 0 Å². The van der Waals surface area contributed by atoms with Gasteiger partial charge in [-0.15, -0.1) is 0 Å². The molecule has 1 fully saturated rings. The van der Waals surface area contributed by atoms with Gasteiger partial charge in [0.1, 0.15) is 0 Å². The Kier molecular flexibility index (Phi) is 2.30. The van der Waals surface area contributed by atoms with Gasteiger partial charge in [-0.1, -0.05) is 13.8 Å². The number of hydrogen-bond donors (Lipinski definition) is 1. The van der Waals surface area contributed by atoms with Crippen LogP contribution in [0.25, 0.3) is 0 Å². The van der Waals surface area contributed by atoms with Crippen LogP contribution in [-0.2, 0) is 4.79 Å². The molecule has 1 N–H and O–H groups in total. The molecular formula is C8H15NO. The van der Waals surface area contributed by atoms with Crippen LogP contribution in [0, 0.1) is 11.8 Å². The summed E-state index contributed by atoms with van der Waals surface area (Å²) in [6.07, 6.45) is 1.80. The fourth-order valence-corrected chi connectivity index (χ4v) is 1.32. The Balaban J connectivity index is 2.33. The number of rotatable bonds is 1. The van der Waals surface area contributed by atoms with Gasteiger partial charge in [0.2, 0.25) is 5.91 Å². The van der Waals surface area contributed by atoms with Gasteiger partial charge in [0, 0.05) is 13.0 Å². The van der Waals surface area contributed by atoms with Crippen LogP contribution in [0.4, 0.5) is 0 Å². The van der Waals surface area contributed by atoms with Crippen LogP contribution in [0.5, 0.6) is 0 Å². The average Bonchev–Trinajstić information content (AvgIpc) is 1.88. The molecule has 1 aliphatic rings. The molecule has 10 heavy (non-hydrogen) atoms. The quantitative estimate of drug-likeness (QED) is 0.583. The number of hydrogen-bond acceptors (Lipinski definition) is 1. The molecule has 0 radical (unpaired) electrons. The highest BCUT2D eigenvalue weighted by atomic mass is 16.1. The number of nitrogens with one attached hydrogen (secondary N) is 1. The van der Waals surface area contributed by atoms with Gasteiger partial charge in [-0.05, 0) is 18.3 Å². The van der Waals surface area contributed by atoms with Crippen molar-refractivity contribution in [3.05, 3.63) is 0 Å². The Hall–Kier alpha value is -0.530. The fraction of sp³-hybridized carbons (Fsp3) is 0.875. The molecule has 0 aromatic carbocycles. The number of piperidine rings is 1. The van der Waals surface area contributed by atoms with Crippen molar-refractivity contribution < 1.29 is 4.79 Å². The summed E-state index contributed by atoms with van der Waals surface area (Å²) in [5.41, 5.74) is 0. The van der Waals surface area contributed by atoms with Gasteiger partial charge in [-0.2, -0.15) is 0 Å². The van der Waals surface area contributed by atoms with Crippen molar-refractivity contribution in [3.63, 3.8) is 0 Å². The highest BCUT2D eigenvalue weighted by molar-refractivity contribution is 5.76. The van der Waals surface area contributed by atoms with E-state index in [0.29, 0.717) is 11.8 Å². The molecule has 1 amide bonds. The van der Waals surface area contributed by atoms with E-state index in [4.69, 9.17) is 0 Å². The van der Waals surface area contributed by atoms with Crippen molar-refractivity contribution in [1.29, 1.82) is 0 Å². The van der Waals surface area contributed by atoms with Gasteiger partial charge in [0.05, 0.1) is 0 Å². The maximum atomic E-state index is 10.7. The summed E-state index contributed by atoms with van der Waals surface area (Å²) in [6.45, 7) is 5.31. The van der Waals surface area contributed by atoms with Gasteiger partial charge < -0.3 is 5.32 Å². The maximum absolute atomic E-state index is 10.7. The van der Waals surface area contributed by atoms with Gasteiger partial charge in [0.15, 0.2) is 0 Å². The van der Waals surface area contributed by atoms with E-state index in [1.165, 1.54) is 0 Å². The standard InChI is InChI=1S/C8H15NO/c1-6(2)7-3-4-8(10)9-5-7/h6-7H,3-5H2,1-2H3,(H,9,10)/t7-/m0/s1. The second-order valence-corrected chi connectivity index (χ2v) is 3.35. The topological polar surface area (TPSA) is 29.1 Å². The van der Waals surface area contributed by atoms with Crippen molar-refractivity contribution in [2.24, 2.45) is 11.8 Å². The monoisotopic (exact) mass is 141 g/mol. The summed E-state index contributed by atoms with van der Waals surface area (Å²) >= 11 is 0. The van der Waals surface area contributed by atoms with Crippen molar-refractivity contribution in [1.82, 2.24) is 5.32 Å². The second-order valence-electron chi connectivity index (χ2n) is 3.35. The largest absolute Gasteiger partial charge is 0.356 e. The number of amides is 1. The third-order valence-electron chi connectivity index (χ3n) is 2.25. The van der Waals surface area contributed by atoms with Gasteiger partial charge in [-0.3, -0.25) is 4.79 Å². The normalized spacial score (nSPS) is 26.7. The van der Waals surface area contributed by atoms with Gasteiger partial charge >= 0.3 is 0 Å². The molecule has 0 aromatic rings. The highest BCUT2D eigenvalue weighted by Gasteiger charge is 2.19. The third-order valence-corrected chi connectivity index (χ3v) is 2.25. The van der Waals surface area contributed by atoms with Crippen LogP contribution in [-0.4, -0.2) is 12.5 Å². The minimum absolute atomic E-state index is 0.219. The number of carbonyl (C=O) groups excluding carboxylic acids is 1. The lowest BCUT2D eigenvalue weighted by molar-refractivity contribution is -0.123. The molecular weight excluding hydrogens is 126 g/mol. The molecule has 2 nitrogen and oxygen atoms in total. The molecule has 1 rings (SSSR count). The lowest BCUT2D eigenvalue weighted by atomic mass is 9.89. The maximum Gasteiger partial charge on any atom is 0.220 e.